The third-order valence-corrected chi connectivity index (χ3v) is 2.49. The summed E-state index contributed by atoms with van der Waals surface area (Å²) in [6.07, 6.45) is 1.20. The zero-order valence-electron chi connectivity index (χ0n) is 10.8. The van der Waals surface area contributed by atoms with Crippen LogP contribution in [-0.2, 0) is 19.1 Å². The number of allylic oxidation sites excluding steroid dienone is 1. The summed E-state index contributed by atoms with van der Waals surface area (Å²) in [5.41, 5.74) is 0.724. The fourth-order valence-electron chi connectivity index (χ4n) is 1.43. The van der Waals surface area contributed by atoms with Crippen molar-refractivity contribution in [3.63, 3.8) is 0 Å². The van der Waals surface area contributed by atoms with E-state index in [4.69, 9.17) is 21.1 Å². The van der Waals surface area contributed by atoms with Crippen molar-refractivity contribution in [2.45, 2.75) is 13.3 Å². The van der Waals surface area contributed by atoms with Gasteiger partial charge >= 0.3 is 5.97 Å². The smallest absolute Gasteiger partial charge is 0.313 e. The summed E-state index contributed by atoms with van der Waals surface area (Å²) in [5, 5.41) is 0.557. The Labute approximate surface area is 117 Å². The minimum atomic E-state index is -0.568. The van der Waals surface area contributed by atoms with Crippen LogP contribution in [0, 0.1) is 0 Å². The van der Waals surface area contributed by atoms with Gasteiger partial charge in [-0.2, -0.15) is 0 Å². The van der Waals surface area contributed by atoms with Crippen LogP contribution in [0.25, 0.3) is 6.08 Å². The van der Waals surface area contributed by atoms with Gasteiger partial charge in [0.05, 0.1) is 13.7 Å². The molecule has 0 aliphatic carbocycles. The van der Waals surface area contributed by atoms with Crippen LogP contribution in [0.15, 0.2) is 30.0 Å². The van der Waals surface area contributed by atoms with Crippen molar-refractivity contribution in [1.82, 2.24) is 0 Å². The summed E-state index contributed by atoms with van der Waals surface area (Å²) in [5.74, 6) is -0.905. The number of halogens is 1. The molecule has 0 saturated carbocycles. The first kappa shape index (κ1) is 15.2. The highest BCUT2D eigenvalue weighted by atomic mass is 35.5. The summed E-state index contributed by atoms with van der Waals surface area (Å²) in [4.78, 5) is 23.1. The molecule has 1 aromatic rings. The largest absolute Gasteiger partial charge is 0.493 e. The number of esters is 1. The second-order valence-electron chi connectivity index (χ2n) is 3.67. The third-order valence-electron chi connectivity index (χ3n) is 2.25. The third kappa shape index (κ3) is 5.14. The van der Waals surface area contributed by atoms with E-state index in [0.717, 1.165) is 5.56 Å². The highest BCUT2D eigenvalue weighted by Gasteiger charge is 2.15. The van der Waals surface area contributed by atoms with Gasteiger partial charge in [-0.3, -0.25) is 9.59 Å². The van der Waals surface area contributed by atoms with E-state index in [1.165, 1.54) is 13.2 Å². The van der Waals surface area contributed by atoms with Crippen LogP contribution in [0.1, 0.15) is 18.9 Å². The SMILES string of the molecule is CCOC(=O)CC(=O)C(=Cc1cccc(Cl)c1)OC. The van der Waals surface area contributed by atoms with Gasteiger partial charge in [-0.15, -0.1) is 0 Å². The van der Waals surface area contributed by atoms with Crippen molar-refractivity contribution < 1.29 is 19.1 Å². The Balaban J connectivity index is 2.82. The van der Waals surface area contributed by atoms with Gasteiger partial charge in [-0.1, -0.05) is 23.7 Å². The van der Waals surface area contributed by atoms with Gasteiger partial charge in [0, 0.05) is 5.02 Å². The molecule has 4 nitrogen and oxygen atoms in total. The van der Waals surface area contributed by atoms with E-state index in [-0.39, 0.29) is 18.8 Å². The molecule has 0 saturated heterocycles. The van der Waals surface area contributed by atoms with E-state index in [0.29, 0.717) is 5.02 Å². The second kappa shape index (κ2) is 7.59. The average molecular weight is 283 g/mol. The topological polar surface area (TPSA) is 52.6 Å². The summed E-state index contributed by atoms with van der Waals surface area (Å²) in [6, 6.07) is 6.96. The normalized spacial score (nSPS) is 11.0. The molecule has 0 atom stereocenters. The Morgan fingerprint density at radius 2 is 2.11 bits per heavy atom. The number of Topliss-reactive ketones (excluding diaryl/α,β-unsaturated/α-hetero) is 1. The molecule has 19 heavy (non-hydrogen) atoms. The lowest BCUT2D eigenvalue weighted by atomic mass is 10.1. The van der Waals surface area contributed by atoms with Crippen LogP contribution in [0.5, 0.6) is 0 Å². The Morgan fingerprint density at radius 3 is 2.68 bits per heavy atom. The molecule has 0 aromatic heterocycles. The van der Waals surface area contributed by atoms with Gasteiger partial charge in [0.25, 0.3) is 0 Å². The van der Waals surface area contributed by atoms with Crippen molar-refractivity contribution in [1.29, 1.82) is 0 Å². The van der Waals surface area contributed by atoms with E-state index in [2.05, 4.69) is 0 Å². The van der Waals surface area contributed by atoms with Gasteiger partial charge in [0.15, 0.2) is 5.76 Å². The molecule has 0 bridgehead atoms. The van der Waals surface area contributed by atoms with E-state index in [1.54, 1.807) is 31.2 Å². The maximum Gasteiger partial charge on any atom is 0.313 e. The number of benzene rings is 1. The van der Waals surface area contributed by atoms with Gasteiger partial charge in [0.2, 0.25) is 5.78 Å². The Bertz CT molecular complexity index is 494. The first-order chi connectivity index (χ1) is 9.06. The molecule has 0 aliphatic rings. The summed E-state index contributed by atoms with van der Waals surface area (Å²) in [7, 11) is 1.37. The first-order valence-electron chi connectivity index (χ1n) is 5.77. The van der Waals surface area contributed by atoms with Crippen molar-refractivity contribution in [2.24, 2.45) is 0 Å². The Kier molecular flexibility index (Phi) is 6.09. The zero-order chi connectivity index (χ0) is 14.3. The predicted molar refractivity (Wildman–Crippen MR) is 72.7 cm³/mol. The maximum absolute atomic E-state index is 11.8. The van der Waals surface area contributed by atoms with Gasteiger partial charge < -0.3 is 9.47 Å². The minimum Gasteiger partial charge on any atom is -0.493 e. The molecule has 0 N–H and O–H groups in total. The molecule has 0 radical (unpaired) electrons. The van der Waals surface area contributed by atoms with E-state index in [9.17, 15) is 9.59 Å². The van der Waals surface area contributed by atoms with Crippen molar-refractivity contribution in [2.75, 3.05) is 13.7 Å². The highest BCUT2D eigenvalue weighted by Crippen LogP contribution is 2.15. The van der Waals surface area contributed by atoms with Gasteiger partial charge in [-0.25, -0.2) is 0 Å². The molecule has 0 heterocycles. The van der Waals surface area contributed by atoms with Crippen LogP contribution in [0.2, 0.25) is 5.02 Å². The Morgan fingerprint density at radius 1 is 1.37 bits per heavy atom. The molecule has 0 aliphatic heterocycles. The van der Waals surface area contributed by atoms with E-state index >= 15 is 0 Å². The molecule has 1 aromatic carbocycles. The lowest BCUT2D eigenvalue weighted by Crippen LogP contribution is -2.13. The number of carbonyl (C=O) groups is 2. The minimum absolute atomic E-state index is 0.0929. The van der Waals surface area contributed by atoms with Crippen molar-refractivity contribution in [3.05, 3.63) is 40.6 Å². The number of ether oxygens (including phenoxy) is 2. The van der Waals surface area contributed by atoms with E-state index < -0.39 is 11.8 Å². The number of methoxy groups -OCH3 is 1. The monoisotopic (exact) mass is 282 g/mol. The summed E-state index contributed by atoms with van der Waals surface area (Å²) < 4.78 is 9.71. The lowest BCUT2D eigenvalue weighted by Gasteiger charge is -2.05. The number of ketones is 1. The molecular weight excluding hydrogens is 268 g/mol. The van der Waals surface area contributed by atoms with Crippen LogP contribution in [-0.4, -0.2) is 25.5 Å². The molecule has 1 rings (SSSR count). The predicted octanol–water partition coefficient (Wildman–Crippen LogP) is 2.85. The van der Waals surface area contributed by atoms with Gasteiger partial charge in [0.1, 0.15) is 6.42 Å². The van der Waals surface area contributed by atoms with Crippen LogP contribution < -0.4 is 0 Å². The first-order valence-corrected chi connectivity index (χ1v) is 6.14. The molecule has 0 spiro atoms. The van der Waals surface area contributed by atoms with Crippen LogP contribution >= 0.6 is 11.6 Å². The average Bonchev–Trinajstić information content (AvgIpc) is 2.36. The summed E-state index contributed by atoms with van der Waals surface area (Å²) in [6.45, 7) is 1.92. The van der Waals surface area contributed by atoms with E-state index in [1.807, 2.05) is 0 Å². The quantitative estimate of drug-likeness (QED) is 0.348. The molecule has 102 valence electrons. The Hall–Kier alpha value is -1.81. The van der Waals surface area contributed by atoms with Crippen LogP contribution in [0.3, 0.4) is 0 Å². The number of rotatable bonds is 6. The summed E-state index contributed by atoms with van der Waals surface area (Å²) >= 11 is 5.85. The number of hydrogen-bond donors (Lipinski definition) is 0. The van der Waals surface area contributed by atoms with Gasteiger partial charge in [-0.05, 0) is 30.7 Å². The maximum atomic E-state index is 11.8. The highest BCUT2D eigenvalue weighted by molar-refractivity contribution is 6.30. The fraction of sp³-hybridized carbons (Fsp3) is 0.286. The molecule has 0 fully saturated rings. The molecule has 0 unspecified atom stereocenters. The lowest BCUT2D eigenvalue weighted by molar-refractivity contribution is -0.145. The fourth-order valence-corrected chi connectivity index (χ4v) is 1.63. The standard InChI is InChI=1S/C14H15ClO4/c1-3-19-14(17)9-12(16)13(18-2)8-10-5-4-6-11(15)7-10/h4-8H,3,9H2,1-2H3. The molecular formula is C14H15ClO4. The number of hydrogen-bond acceptors (Lipinski definition) is 4. The molecule has 0 amide bonds. The van der Waals surface area contributed by atoms with Crippen LogP contribution in [0.4, 0.5) is 0 Å². The molecule has 5 heteroatoms. The number of carbonyl (C=O) groups excluding carboxylic acids is 2. The zero-order valence-corrected chi connectivity index (χ0v) is 11.6. The second-order valence-corrected chi connectivity index (χ2v) is 4.11. The van der Waals surface area contributed by atoms with Crippen molar-refractivity contribution >= 4 is 29.4 Å². The van der Waals surface area contributed by atoms with Crippen molar-refractivity contribution in [3.8, 4) is 0 Å².